The summed E-state index contributed by atoms with van der Waals surface area (Å²) in [4.78, 5) is 17.3. The van der Waals surface area contributed by atoms with Crippen LogP contribution in [0, 0.1) is 17.0 Å². The number of hydrogen-bond acceptors (Lipinski definition) is 4. The second kappa shape index (κ2) is 12.8. The summed E-state index contributed by atoms with van der Waals surface area (Å²) in [5.74, 6) is 0.0524. The number of aryl methyl sites for hydroxylation is 1. The van der Waals surface area contributed by atoms with E-state index in [4.69, 9.17) is 9.47 Å². The van der Waals surface area contributed by atoms with Crippen molar-refractivity contribution in [2.24, 2.45) is 5.41 Å². The number of para-hydroxylation sites is 1. The van der Waals surface area contributed by atoms with Gasteiger partial charge in [-0.05, 0) is 79.0 Å². The fourth-order valence-electron chi connectivity index (χ4n) is 6.16. The van der Waals surface area contributed by atoms with Gasteiger partial charge in [-0.1, -0.05) is 36.8 Å². The number of benzene rings is 3. The summed E-state index contributed by atoms with van der Waals surface area (Å²) in [5.41, 5.74) is 2.59. The molecule has 2 heterocycles. The predicted octanol–water partition coefficient (Wildman–Crippen LogP) is 6.50. The van der Waals surface area contributed by atoms with Crippen LogP contribution in [0.1, 0.15) is 53.6 Å². The van der Waals surface area contributed by atoms with Crippen molar-refractivity contribution in [1.29, 1.82) is 0 Å². The summed E-state index contributed by atoms with van der Waals surface area (Å²) in [6.07, 6.45) is 5.93. The van der Waals surface area contributed by atoms with Gasteiger partial charge in [0.25, 0.3) is 5.91 Å². The zero-order valence-electron chi connectivity index (χ0n) is 23.2. The number of nitrogens with zero attached hydrogens (tertiary/aromatic N) is 2. The lowest BCUT2D eigenvalue weighted by atomic mass is 9.73. The molecule has 0 N–H and O–H groups in total. The fraction of sp³-hybridized carbons (Fsp3) is 0.424. The molecule has 0 bridgehead atoms. The van der Waals surface area contributed by atoms with Crippen molar-refractivity contribution in [3.05, 3.63) is 95.1 Å². The number of piperidine rings is 1. The van der Waals surface area contributed by atoms with Crippen LogP contribution in [0.15, 0.2) is 66.7 Å². The lowest BCUT2D eigenvalue weighted by molar-refractivity contribution is 0.0360. The van der Waals surface area contributed by atoms with Crippen LogP contribution in [0.5, 0.6) is 11.5 Å². The molecule has 0 aromatic heterocycles. The first-order valence-corrected chi connectivity index (χ1v) is 14.2. The quantitative estimate of drug-likeness (QED) is 0.373. The Hall–Kier alpha value is -3.45. The van der Waals surface area contributed by atoms with Crippen molar-refractivity contribution < 1.29 is 23.0 Å². The van der Waals surface area contributed by atoms with E-state index >= 15 is 0 Å². The lowest BCUT2D eigenvalue weighted by Crippen LogP contribution is -2.48. The van der Waals surface area contributed by atoms with E-state index in [1.54, 1.807) is 12.0 Å². The Balaban J connectivity index is 1.33. The number of carbonyl (C=O) groups is 1. The molecule has 0 unspecified atom stereocenters. The van der Waals surface area contributed by atoms with Gasteiger partial charge in [-0.2, -0.15) is 0 Å². The van der Waals surface area contributed by atoms with Crippen LogP contribution in [0.2, 0.25) is 0 Å². The predicted molar refractivity (Wildman–Crippen MR) is 152 cm³/mol. The number of rotatable bonds is 4. The van der Waals surface area contributed by atoms with Crippen molar-refractivity contribution in [2.75, 3.05) is 39.9 Å². The van der Waals surface area contributed by atoms with E-state index in [2.05, 4.69) is 35.2 Å². The molecule has 1 spiro atoms. The van der Waals surface area contributed by atoms with E-state index in [1.165, 1.54) is 11.1 Å². The monoisotopic (exact) mass is 548 g/mol. The highest BCUT2D eigenvalue weighted by atomic mass is 19.1. The van der Waals surface area contributed by atoms with Gasteiger partial charge in [0.15, 0.2) is 0 Å². The van der Waals surface area contributed by atoms with Crippen LogP contribution in [0.3, 0.4) is 0 Å². The molecule has 3 aromatic carbocycles. The van der Waals surface area contributed by atoms with Gasteiger partial charge in [-0.3, -0.25) is 9.69 Å². The highest BCUT2D eigenvalue weighted by Crippen LogP contribution is 2.39. The SMILES string of the molecule is COc1ccc(CN2CCOc3ccccc3CCCCC3(CCN(C(=O)c4cc(F)cc(F)c4)CC3)C2)cc1. The zero-order chi connectivity index (χ0) is 28.0. The van der Waals surface area contributed by atoms with E-state index in [-0.39, 0.29) is 16.9 Å². The molecule has 2 aliphatic heterocycles. The van der Waals surface area contributed by atoms with E-state index in [0.717, 1.165) is 87.9 Å². The molecule has 40 heavy (non-hydrogen) atoms. The first-order valence-electron chi connectivity index (χ1n) is 14.2. The minimum atomic E-state index is -0.728. The topological polar surface area (TPSA) is 42.0 Å². The fourth-order valence-corrected chi connectivity index (χ4v) is 6.16. The Morgan fingerprint density at radius 3 is 2.38 bits per heavy atom. The number of ether oxygens (including phenoxy) is 2. The van der Waals surface area contributed by atoms with Gasteiger partial charge in [0.1, 0.15) is 29.7 Å². The van der Waals surface area contributed by atoms with Crippen LogP contribution in [-0.4, -0.2) is 55.6 Å². The van der Waals surface area contributed by atoms with Crippen LogP contribution in [-0.2, 0) is 13.0 Å². The van der Waals surface area contributed by atoms with Gasteiger partial charge in [-0.25, -0.2) is 8.78 Å². The zero-order valence-corrected chi connectivity index (χ0v) is 23.2. The minimum Gasteiger partial charge on any atom is -0.497 e. The molecule has 0 saturated carbocycles. The van der Waals surface area contributed by atoms with Crippen molar-refractivity contribution >= 4 is 5.91 Å². The largest absolute Gasteiger partial charge is 0.497 e. The molecule has 1 amide bonds. The summed E-state index contributed by atoms with van der Waals surface area (Å²) >= 11 is 0. The molecule has 0 aliphatic carbocycles. The van der Waals surface area contributed by atoms with Gasteiger partial charge in [-0.15, -0.1) is 0 Å². The number of fused-ring (bicyclic) bond motifs is 1. The van der Waals surface area contributed by atoms with Gasteiger partial charge in [0.05, 0.1) is 7.11 Å². The summed E-state index contributed by atoms with van der Waals surface area (Å²) in [6.45, 7) is 4.23. The van der Waals surface area contributed by atoms with Gasteiger partial charge in [0, 0.05) is 44.4 Å². The molecule has 2 aliphatic rings. The molecule has 3 aromatic rings. The molecule has 1 saturated heterocycles. The normalized spacial score (nSPS) is 18.2. The van der Waals surface area contributed by atoms with Crippen LogP contribution < -0.4 is 9.47 Å². The van der Waals surface area contributed by atoms with Crippen molar-refractivity contribution in [2.45, 2.75) is 45.1 Å². The van der Waals surface area contributed by atoms with Crippen LogP contribution >= 0.6 is 0 Å². The highest BCUT2D eigenvalue weighted by Gasteiger charge is 2.37. The number of likely N-dealkylation sites (tertiary alicyclic amines) is 1. The second-order valence-corrected chi connectivity index (χ2v) is 11.2. The number of amides is 1. The minimum absolute atomic E-state index is 0.0507. The van der Waals surface area contributed by atoms with Crippen LogP contribution in [0.25, 0.3) is 0 Å². The first-order chi connectivity index (χ1) is 19.4. The summed E-state index contributed by atoms with van der Waals surface area (Å²) < 4.78 is 39.2. The van der Waals surface area contributed by atoms with Crippen molar-refractivity contribution in [3.63, 3.8) is 0 Å². The number of methoxy groups -OCH3 is 1. The molecular formula is C33H38F2N2O3. The third kappa shape index (κ3) is 7.00. The Bertz CT molecular complexity index is 1270. The molecule has 212 valence electrons. The highest BCUT2D eigenvalue weighted by molar-refractivity contribution is 5.94. The molecular weight excluding hydrogens is 510 g/mol. The molecule has 0 atom stereocenters. The van der Waals surface area contributed by atoms with Crippen LogP contribution in [0.4, 0.5) is 8.78 Å². The number of halogens is 2. The maximum Gasteiger partial charge on any atom is 0.254 e. The van der Waals surface area contributed by atoms with E-state index in [0.29, 0.717) is 19.7 Å². The Labute approximate surface area is 235 Å². The number of carbonyl (C=O) groups excluding carboxylic acids is 1. The first kappa shape index (κ1) is 28.1. The summed E-state index contributed by atoms with van der Waals surface area (Å²) in [6, 6.07) is 19.6. The van der Waals surface area contributed by atoms with E-state index < -0.39 is 11.6 Å². The van der Waals surface area contributed by atoms with Gasteiger partial charge >= 0.3 is 0 Å². The third-order valence-electron chi connectivity index (χ3n) is 8.39. The number of hydrogen-bond donors (Lipinski definition) is 0. The molecule has 5 nitrogen and oxygen atoms in total. The Morgan fingerprint density at radius 2 is 1.65 bits per heavy atom. The average Bonchev–Trinajstić information content (AvgIpc) is 2.95. The average molecular weight is 549 g/mol. The maximum atomic E-state index is 13.8. The summed E-state index contributed by atoms with van der Waals surface area (Å²) in [7, 11) is 1.67. The van der Waals surface area contributed by atoms with Gasteiger partial charge in [0.2, 0.25) is 0 Å². The Morgan fingerprint density at radius 1 is 0.925 bits per heavy atom. The smallest absolute Gasteiger partial charge is 0.254 e. The Kier molecular flexibility index (Phi) is 9.00. The molecule has 1 fully saturated rings. The van der Waals surface area contributed by atoms with Gasteiger partial charge < -0.3 is 14.4 Å². The summed E-state index contributed by atoms with van der Waals surface area (Å²) in [5, 5.41) is 0. The lowest BCUT2D eigenvalue weighted by Gasteiger charge is -2.45. The van der Waals surface area contributed by atoms with E-state index in [9.17, 15) is 13.6 Å². The second-order valence-electron chi connectivity index (χ2n) is 11.2. The van der Waals surface area contributed by atoms with E-state index in [1.807, 2.05) is 18.2 Å². The van der Waals surface area contributed by atoms with Crippen molar-refractivity contribution in [1.82, 2.24) is 9.80 Å². The molecule has 5 rings (SSSR count). The standard InChI is InChI=1S/C33H38F2N2O3/c1-39-30-11-9-25(10-12-30)23-36-18-19-40-31-8-3-2-6-26(31)7-4-5-13-33(24-36)14-16-37(17-15-33)32(38)27-20-28(34)22-29(35)21-27/h2-3,6,8-12,20-22H,4-5,7,13-19,23-24H2,1H3. The molecule has 0 radical (unpaired) electrons. The molecule has 7 heteroatoms. The maximum absolute atomic E-state index is 13.8. The third-order valence-corrected chi connectivity index (χ3v) is 8.39. The van der Waals surface area contributed by atoms with Crippen molar-refractivity contribution in [3.8, 4) is 11.5 Å².